The smallest absolute Gasteiger partial charge is 0.169 e. The van der Waals surface area contributed by atoms with Gasteiger partial charge in [-0.15, -0.1) is 0 Å². The largest absolute Gasteiger partial charge is 0.489 e. The Kier molecular flexibility index (Phi) is 4.59. The number of hydrogen-bond acceptors (Lipinski definition) is 8. The Morgan fingerprint density at radius 3 is 2.68 bits per heavy atom. The molecule has 0 unspecified atom stereocenters. The second-order valence-electron chi connectivity index (χ2n) is 4.56. The van der Waals surface area contributed by atoms with Gasteiger partial charge in [0.1, 0.15) is 23.8 Å². The van der Waals surface area contributed by atoms with Crippen molar-refractivity contribution >= 4 is 34.3 Å². The molecule has 0 radical (unpaired) electrons. The molecule has 2 rings (SSSR count). The third-order valence-electron chi connectivity index (χ3n) is 2.98. The maximum atomic E-state index is 9.30. The maximum Gasteiger partial charge on any atom is 0.169 e. The summed E-state index contributed by atoms with van der Waals surface area (Å²) in [7, 11) is 1.59. The summed E-state index contributed by atoms with van der Waals surface area (Å²) in [6.07, 6.45) is 0. The topological polar surface area (TPSA) is 154 Å². The van der Waals surface area contributed by atoms with E-state index in [9.17, 15) is 5.11 Å². The minimum Gasteiger partial charge on any atom is -0.489 e. The molecule has 1 aromatic rings. The van der Waals surface area contributed by atoms with E-state index in [1.165, 1.54) is 17.1 Å². The molecule has 0 spiro atoms. The van der Waals surface area contributed by atoms with Gasteiger partial charge in [0, 0.05) is 13.1 Å². The fourth-order valence-electron chi connectivity index (χ4n) is 1.89. The molecule has 118 valence electrons. The van der Waals surface area contributed by atoms with E-state index in [0.717, 1.165) is 0 Å². The van der Waals surface area contributed by atoms with Gasteiger partial charge in [0.15, 0.2) is 5.84 Å². The normalized spacial score (nSPS) is 16.3. The number of aliphatic hydroxyl groups is 2. The highest BCUT2D eigenvalue weighted by Crippen LogP contribution is 2.33. The van der Waals surface area contributed by atoms with Crippen LogP contribution in [0.4, 0.5) is 17.1 Å². The molecule has 0 amide bonds. The zero-order valence-electron chi connectivity index (χ0n) is 12.1. The summed E-state index contributed by atoms with van der Waals surface area (Å²) >= 11 is 0. The number of rotatable bonds is 5. The Bertz CT molecular complexity index is 655. The summed E-state index contributed by atoms with van der Waals surface area (Å²) in [5.74, 6) is 0.390. The van der Waals surface area contributed by atoms with Gasteiger partial charge in [0.2, 0.25) is 0 Å². The van der Waals surface area contributed by atoms with E-state index in [1.807, 2.05) is 0 Å². The van der Waals surface area contributed by atoms with Crippen molar-refractivity contribution < 1.29 is 14.9 Å². The average molecular weight is 306 g/mol. The third-order valence-corrected chi connectivity index (χ3v) is 2.98. The maximum absolute atomic E-state index is 9.30. The van der Waals surface area contributed by atoms with Gasteiger partial charge in [-0.2, -0.15) is 5.10 Å². The molecule has 22 heavy (non-hydrogen) atoms. The lowest BCUT2D eigenvalue weighted by molar-refractivity contribution is 0.202. The Hall–Kier alpha value is -2.65. The highest BCUT2D eigenvalue weighted by molar-refractivity contribution is 6.70. The van der Waals surface area contributed by atoms with Crippen molar-refractivity contribution in [3.05, 3.63) is 12.1 Å². The second kappa shape index (κ2) is 6.41. The molecule has 0 saturated heterocycles. The van der Waals surface area contributed by atoms with E-state index in [1.54, 1.807) is 7.05 Å². The molecular formula is C13H18N6O3. The molecule has 1 heterocycles. The SMILES string of the molecule is CN1N=C(CO)C(=Nc2cc(OCCO)c(N)cc2N)C1=N. The van der Waals surface area contributed by atoms with Crippen LogP contribution < -0.4 is 16.2 Å². The monoisotopic (exact) mass is 306 g/mol. The van der Waals surface area contributed by atoms with Crippen LogP contribution in [0, 0.1) is 5.41 Å². The van der Waals surface area contributed by atoms with Gasteiger partial charge in [-0.25, -0.2) is 10.0 Å². The summed E-state index contributed by atoms with van der Waals surface area (Å²) in [5, 5.41) is 31.3. The van der Waals surface area contributed by atoms with Gasteiger partial charge in [-0.3, -0.25) is 5.41 Å². The molecule has 9 heteroatoms. The van der Waals surface area contributed by atoms with E-state index in [-0.39, 0.29) is 37.1 Å². The number of anilines is 2. The number of nitrogens with one attached hydrogen (secondary N) is 1. The molecule has 7 N–H and O–H groups in total. The molecule has 1 aromatic carbocycles. The van der Waals surface area contributed by atoms with Gasteiger partial charge >= 0.3 is 0 Å². The Balaban J connectivity index is 2.42. The second-order valence-corrected chi connectivity index (χ2v) is 4.56. The van der Waals surface area contributed by atoms with Crippen molar-refractivity contribution in [1.82, 2.24) is 5.01 Å². The van der Waals surface area contributed by atoms with Crippen LogP contribution in [0.5, 0.6) is 5.75 Å². The number of benzene rings is 1. The van der Waals surface area contributed by atoms with Gasteiger partial charge in [0.05, 0.1) is 30.3 Å². The number of ether oxygens (including phenoxy) is 1. The van der Waals surface area contributed by atoms with Gasteiger partial charge < -0.3 is 26.4 Å². The van der Waals surface area contributed by atoms with Crippen LogP contribution in [0.15, 0.2) is 22.2 Å². The summed E-state index contributed by atoms with van der Waals surface area (Å²) in [6, 6.07) is 3.01. The number of nitrogen functional groups attached to an aromatic ring is 2. The van der Waals surface area contributed by atoms with E-state index < -0.39 is 0 Å². The van der Waals surface area contributed by atoms with E-state index in [0.29, 0.717) is 22.8 Å². The Morgan fingerprint density at radius 2 is 2.05 bits per heavy atom. The van der Waals surface area contributed by atoms with Crippen molar-refractivity contribution in [2.45, 2.75) is 0 Å². The van der Waals surface area contributed by atoms with Crippen LogP contribution in [-0.4, -0.2) is 59.3 Å². The zero-order chi connectivity index (χ0) is 16.3. The summed E-state index contributed by atoms with van der Waals surface area (Å²) < 4.78 is 5.30. The average Bonchev–Trinajstić information content (AvgIpc) is 2.76. The van der Waals surface area contributed by atoms with Crippen LogP contribution in [-0.2, 0) is 0 Å². The lowest BCUT2D eigenvalue weighted by atomic mass is 10.2. The van der Waals surface area contributed by atoms with Gasteiger partial charge in [-0.1, -0.05) is 0 Å². The van der Waals surface area contributed by atoms with Crippen molar-refractivity contribution in [3.63, 3.8) is 0 Å². The van der Waals surface area contributed by atoms with Crippen molar-refractivity contribution in [2.75, 3.05) is 38.3 Å². The first-order valence-electron chi connectivity index (χ1n) is 6.50. The molecule has 0 aliphatic carbocycles. The fraction of sp³-hybridized carbons (Fsp3) is 0.308. The fourth-order valence-corrected chi connectivity index (χ4v) is 1.89. The first-order chi connectivity index (χ1) is 10.5. The molecule has 1 aliphatic rings. The predicted octanol–water partition coefficient (Wildman–Crippen LogP) is -0.434. The molecule has 1 aliphatic heterocycles. The minimum absolute atomic E-state index is 0.0538. The predicted molar refractivity (Wildman–Crippen MR) is 85.0 cm³/mol. The number of nitrogens with two attached hydrogens (primary N) is 2. The van der Waals surface area contributed by atoms with Crippen LogP contribution in [0.1, 0.15) is 0 Å². The Morgan fingerprint density at radius 1 is 1.32 bits per heavy atom. The van der Waals surface area contributed by atoms with Crippen LogP contribution in [0.2, 0.25) is 0 Å². The molecule has 0 aromatic heterocycles. The first kappa shape index (κ1) is 15.7. The Labute approximate surface area is 127 Å². The summed E-state index contributed by atoms with van der Waals surface area (Å²) in [4.78, 5) is 4.29. The van der Waals surface area contributed by atoms with E-state index in [2.05, 4.69) is 10.1 Å². The first-order valence-corrected chi connectivity index (χ1v) is 6.50. The van der Waals surface area contributed by atoms with Gasteiger partial charge in [-0.05, 0) is 6.07 Å². The highest BCUT2D eigenvalue weighted by Gasteiger charge is 2.25. The number of aliphatic imine (C=N–C) groups is 1. The minimum atomic E-state index is -0.339. The van der Waals surface area contributed by atoms with E-state index >= 15 is 0 Å². The van der Waals surface area contributed by atoms with Crippen molar-refractivity contribution in [3.8, 4) is 5.75 Å². The molecule has 9 nitrogen and oxygen atoms in total. The summed E-state index contributed by atoms with van der Waals surface area (Å²) in [6.45, 7) is -0.398. The standard InChI is InChI=1S/C13H18N6O3/c1-19-13(16)12(10(6-21)18-19)17-9-5-11(22-3-2-20)8(15)4-7(9)14/h4-5,16,20-21H,2-3,6,14-15H2,1H3. The quantitative estimate of drug-likeness (QED) is 0.465. The molecule has 0 fully saturated rings. The number of amidine groups is 1. The van der Waals surface area contributed by atoms with E-state index in [4.69, 9.17) is 26.7 Å². The highest BCUT2D eigenvalue weighted by atomic mass is 16.5. The van der Waals surface area contributed by atoms with Crippen LogP contribution in [0.3, 0.4) is 0 Å². The third kappa shape index (κ3) is 3.00. The van der Waals surface area contributed by atoms with Crippen LogP contribution >= 0.6 is 0 Å². The van der Waals surface area contributed by atoms with Crippen molar-refractivity contribution in [1.29, 1.82) is 5.41 Å². The lowest BCUT2D eigenvalue weighted by Crippen LogP contribution is -2.25. The lowest BCUT2D eigenvalue weighted by Gasteiger charge is -2.11. The number of aliphatic hydroxyl groups excluding tert-OH is 2. The number of nitrogens with zero attached hydrogens (tertiary/aromatic N) is 3. The van der Waals surface area contributed by atoms with Crippen molar-refractivity contribution in [2.24, 2.45) is 10.1 Å². The number of hydrogen-bond donors (Lipinski definition) is 5. The molecule has 0 atom stereocenters. The van der Waals surface area contributed by atoms with Crippen LogP contribution in [0.25, 0.3) is 0 Å². The number of hydrazone groups is 1. The molecule has 0 bridgehead atoms. The zero-order valence-corrected chi connectivity index (χ0v) is 12.1. The summed E-state index contributed by atoms with van der Waals surface area (Å²) in [5.41, 5.74) is 13.2. The molecular weight excluding hydrogens is 288 g/mol. The van der Waals surface area contributed by atoms with Gasteiger partial charge in [0.25, 0.3) is 0 Å². The molecule has 0 saturated carbocycles.